The molecule has 9 nitrogen and oxygen atoms in total. The summed E-state index contributed by atoms with van der Waals surface area (Å²) in [6.07, 6.45) is 2.25. The third-order valence-electron chi connectivity index (χ3n) is 5.19. The Kier molecular flexibility index (Phi) is 5.76. The number of hydrogen-bond donors (Lipinski definition) is 0. The van der Waals surface area contributed by atoms with Gasteiger partial charge in [-0.15, -0.1) is 0 Å². The number of thioether (sulfide) groups is 1. The highest BCUT2D eigenvalue weighted by Gasteiger charge is 2.25. The van der Waals surface area contributed by atoms with Gasteiger partial charge in [0.15, 0.2) is 16.3 Å². The highest BCUT2D eigenvalue weighted by atomic mass is 35.5. The highest BCUT2D eigenvalue weighted by molar-refractivity contribution is 8.13. The molecule has 3 aromatic rings. The van der Waals surface area contributed by atoms with Crippen LogP contribution in [-0.2, 0) is 25.4 Å². The first-order valence-corrected chi connectivity index (χ1v) is 11.0. The van der Waals surface area contributed by atoms with Crippen LogP contribution in [0.4, 0.5) is 5.69 Å². The Morgan fingerprint density at radius 1 is 1.26 bits per heavy atom. The van der Waals surface area contributed by atoms with Crippen LogP contribution < -0.4 is 11.2 Å². The molecule has 1 aliphatic heterocycles. The van der Waals surface area contributed by atoms with E-state index in [-0.39, 0.29) is 23.6 Å². The molecule has 0 saturated carbocycles. The molecule has 0 radical (unpaired) electrons. The van der Waals surface area contributed by atoms with Gasteiger partial charge in [-0.05, 0) is 31.0 Å². The Morgan fingerprint density at radius 3 is 2.77 bits per heavy atom. The summed E-state index contributed by atoms with van der Waals surface area (Å²) < 4.78 is 3.79. The lowest BCUT2D eigenvalue weighted by Crippen LogP contribution is -2.41. The van der Waals surface area contributed by atoms with Gasteiger partial charge in [-0.1, -0.05) is 29.4 Å². The predicted molar refractivity (Wildman–Crippen MR) is 122 cm³/mol. The van der Waals surface area contributed by atoms with Crippen molar-refractivity contribution in [3.63, 3.8) is 0 Å². The molecule has 2 aromatic heterocycles. The number of benzene rings is 1. The third kappa shape index (κ3) is 3.92. The van der Waals surface area contributed by atoms with E-state index in [1.807, 2.05) is 19.1 Å². The largest absolute Gasteiger partial charge is 0.332 e. The molecule has 1 saturated heterocycles. The number of amides is 1. The maximum Gasteiger partial charge on any atom is 0.332 e. The number of hydrogen-bond acceptors (Lipinski definition) is 6. The van der Waals surface area contributed by atoms with Gasteiger partial charge in [-0.25, -0.2) is 14.8 Å². The van der Waals surface area contributed by atoms with Gasteiger partial charge in [0.25, 0.3) is 5.56 Å². The fraction of sp³-hybridized carbons (Fsp3) is 0.350. The SMILES string of the molecule is Cc1ccc(N=C2SCCCN2C(=O)Cn2cnc3c2c(=O)n(C)c(=O)n3C)cc1Cl. The summed E-state index contributed by atoms with van der Waals surface area (Å²) in [7, 11) is 2.95. The van der Waals surface area contributed by atoms with E-state index >= 15 is 0 Å². The molecule has 0 spiro atoms. The Hall–Kier alpha value is -2.85. The molecule has 1 fully saturated rings. The topological polar surface area (TPSA) is 94.5 Å². The minimum atomic E-state index is -0.486. The number of carbonyl (C=O) groups excluding carboxylic acids is 1. The summed E-state index contributed by atoms with van der Waals surface area (Å²) in [6.45, 7) is 2.37. The first kappa shape index (κ1) is 21.4. The molecule has 31 heavy (non-hydrogen) atoms. The van der Waals surface area contributed by atoms with Gasteiger partial charge >= 0.3 is 5.69 Å². The van der Waals surface area contributed by atoms with E-state index in [1.165, 1.54) is 34.3 Å². The molecule has 11 heteroatoms. The summed E-state index contributed by atoms with van der Waals surface area (Å²) in [5.41, 5.74) is 1.14. The van der Waals surface area contributed by atoms with Crippen LogP contribution in [0.25, 0.3) is 11.2 Å². The summed E-state index contributed by atoms with van der Waals surface area (Å²) in [5, 5.41) is 1.22. The molecular formula is C20H21ClN6O3S. The van der Waals surface area contributed by atoms with E-state index in [0.29, 0.717) is 22.4 Å². The molecule has 0 atom stereocenters. The number of aromatic nitrogens is 4. The van der Waals surface area contributed by atoms with Crippen molar-refractivity contribution >= 4 is 51.3 Å². The van der Waals surface area contributed by atoms with Crippen molar-refractivity contribution in [3.8, 4) is 0 Å². The number of aliphatic imine (C=N–C) groups is 1. The summed E-state index contributed by atoms with van der Waals surface area (Å²) in [6, 6.07) is 5.52. The van der Waals surface area contributed by atoms with Crippen molar-refractivity contribution in [2.75, 3.05) is 12.3 Å². The number of rotatable bonds is 3. The molecule has 0 aliphatic carbocycles. The average Bonchev–Trinajstić information content (AvgIpc) is 3.17. The molecule has 1 aromatic carbocycles. The Morgan fingerprint density at radius 2 is 2.03 bits per heavy atom. The Labute approximate surface area is 187 Å². The van der Waals surface area contributed by atoms with Crippen LogP contribution >= 0.6 is 23.4 Å². The lowest BCUT2D eigenvalue weighted by molar-refractivity contribution is -0.127. The van der Waals surface area contributed by atoms with Crippen molar-refractivity contribution in [1.82, 2.24) is 23.6 Å². The molecule has 4 rings (SSSR count). The monoisotopic (exact) mass is 460 g/mol. The zero-order valence-electron chi connectivity index (χ0n) is 17.3. The summed E-state index contributed by atoms with van der Waals surface area (Å²) >= 11 is 7.72. The van der Waals surface area contributed by atoms with Crippen LogP contribution in [0.15, 0.2) is 39.1 Å². The zero-order chi connectivity index (χ0) is 22.3. The molecule has 1 aliphatic rings. The molecule has 0 N–H and O–H groups in total. The van der Waals surface area contributed by atoms with Gasteiger partial charge in [0.2, 0.25) is 5.91 Å². The fourth-order valence-electron chi connectivity index (χ4n) is 3.39. The van der Waals surface area contributed by atoms with Gasteiger partial charge < -0.3 is 4.57 Å². The van der Waals surface area contributed by atoms with Crippen molar-refractivity contribution in [1.29, 1.82) is 0 Å². The number of fused-ring (bicyclic) bond motifs is 1. The molecule has 0 unspecified atom stereocenters. The maximum atomic E-state index is 13.2. The first-order chi connectivity index (χ1) is 14.8. The quantitative estimate of drug-likeness (QED) is 0.596. The number of imidazole rings is 1. The first-order valence-electron chi connectivity index (χ1n) is 9.67. The maximum absolute atomic E-state index is 13.2. The van der Waals surface area contributed by atoms with E-state index in [2.05, 4.69) is 9.98 Å². The predicted octanol–water partition coefficient (Wildman–Crippen LogP) is 2.05. The van der Waals surface area contributed by atoms with Gasteiger partial charge in [-0.2, -0.15) is 0 Å². The van der Waals surface area contributed by atoms with Crippen LogP contribution in [0, 0.1) is 6.92 Å². The van der Waals surface area contributed by atoms with Crippen molar-refractivity contribution < 1.29 is 4.79 Å². The number of amidine groups is 1. The minimum absolute atomic E-state index is 0.0851. The molecule has 162 valence electrons. The van der Waals surface area contributed by atoms with Crippen LogP contribution in [0.2, 0.25) is 5.02 Å². The van der Waals surface area contributed by atoms with Crippen molar-refractivity contribution in [2.24, 2.45) is 19.1 Å². The normalized spacial score (nSPS) is 15.7. The molecule has 0 bridgehead atoms. The third-order valence-corrected chi connectivity index (χ3v) is 6.66. The second-order valence-electron chi connectivity index (χ2n) is 7.33. The highest BCUT2D eigenvalue weighted by Crippen LogP contribution is 2.26. The fourth-order valence-corrected chi connectivity index (χ4v) is 4.54. The van der Waals surface area contributed by atoms with Gasteiger partial charge in [0, 0.05) is 31.4 Å². The Bertz CT molecular complexity index is 1340. The average molecular weight is 461 g/mol. The number of aryl methyl sites for hydroxylation is 2. The van der Waals surface area contributed by atoms with Gasteiger partial charge in [0.05, 0.1) is 12.0 Å². The molecular weight excluding hydrogens is 440 g/mol. The van der Waals surface area contributed by atoms with Crippen molar-refractivity contribution in [3.05, 3.63) is 56.0 Å². The second-order valence-corrected chi connectivity index (χ2v) is 8.79. The van der Waals surface area contributed by atoms with E-state index in [1.54, 1.807) is 18.0 Å². The van der Waals surface area contributed by atoms with Crippen LogP contribution in [-0.4, -0.2) is 47.0 Å². The lowest BCUT2D eigenvalue weighted by Gasteiger charge is -2.28. The van der Waals surface area contributed by atoms with Crippen molar-refractivity contribution in [2.45, 2.75) is 19.9 Å². The zero-order valence-corrected chi connectivity index (χ0v) is 18.9. The number of halogens is 1. The van der Waals surface area contributed by atoms with Gasteiger partial charge in [-0.3, -0.25) is 23.6 Å². The summed E-state index contributed by atoms with van der Waals surface area (Å²) in [5.74, 6) is 0.651. The molecule has 1 amide bonds. The minimum Gasteiger partial charge on any atom is -0.315 e. The number of nitrogens with zero attached hydrogens (tertiary/aromatic N) is 6. The lowest BCUT2D eigenvalue weighted by atomic mass is 10.2. The smallest absolute Gasteiger partial charge is 0.315 e. The number of carbonyl (C=O) groups is 1. The molecule has 3 heterocycles. The van der Waals surface area contributed by atoms with E-state index in [4.69, 9.17) is 11.6 Å². The second kappa shape index (κ2) is 8.35. The van der Waals surface area contributed by atoms with Gasteiger partial charge in [0.1, 0.15) is 6.54 Å². The van der Waals surface area contributed by atoms with E-state index in [0.717, 1.165) is 22.3 Å². The summed E-state index contributed by atoms with van der Waals surface area (Å²) in [4.78, 5) is 48.3. The van der Waals surface area contributed by atoms with E-state index < -0.39 is 11.2 Å². The van der Waals surface area contributed by atoms with Crippen LogP contribution in [0.5, 0.6) is 0 Å². The van der Waals surface area contributed by atoms with Crippen LogP contribution in [0.1, 0.15) is 12.0 Å². The Balaban J connectivity index is 1.67. The van der Waals surface area contributed by atoms with E-state index in [9.17, 15) is 14.4 Å². The standard InChI is InChI=1S/C20H21ClN6O3S/c1-12-5-6-13(9-14(12)21)23-19-27(7-4-8-31-19)15(28)10-26-11-22-17-16(26)18(29)25(3)20(30)24(17)2/h5-6,9,11H,4,7-8,10H2,1-3H3. The van der Waals surface area contributed by atoms with Crippen LogP contribution in [0.3, 0.4) is 0 Å².